The molecule has 4 heteroatoms. The Hall–Kier alpha value is -2.07. The predicted octanol–water partition coefficient (Wildman–Crippen LogP) is 3.11. The Bertz CT molecular complexity index is 599. The maximum absolute atomic E-state index is 5.40. The zero-order valence-corrected chi connectivity index (χ0v) is 13.0. The number of pyridine rings is 1. The van der Waals surface area contributed by atoms with E-state index in [4.69, 9.17) is 9.47 Å². The molecule has 1 N–H and O–H groups in total. The molecule has 4 nitrogen and oxygen atoms in total. The maximum Gasteiger partial charge on any atom is 0.161 e. The average Bonchev–Trinajstić information content (AvgIpc) is 2.52. The Kier molecular flexibility index (Phi) is 5.17. The second kappa shape index (κ2) is 7.09. The molecular formula is C17H22N2O2. The third-order valence-corrected chi connectivity index (χ3v) is 3.38. The van der Waals surface area contributed by atoms with Gasteiger partial charge in [-0.2, -0.15) is 0 Å². The van der Waals surface area contributed by atoms with Crippen molar-refractivity contribution < 1.29 is 9.47 Å². The highest BCUT2D eigenvalue weighted by Gasteiger charge is 2.16. The Labute approximate surface area is 126 Å². The van der Waals surface area contributed by atoms with Crippen LogP contribution in [-0.4, -0.2) is 25.7 Å². The van der Waals surface area contributed by atoms with E-state index < -0.39 is 0 Å². The highest BCUT2D eigenvalue weighted by molar-refractivity contribution is 5.45. The minimum Gasteiger partial charge on any atom is -0.493 e. The lowest BCUT2D eigenvalue weighted by molar-refractivity contribution is 0.354. The highest BCUT2D eigenvalue weighted by atomic mass is 16.5. The van der Waals surface area contributed by atoms with Gasteiger partial charge in [0.25, 0.3) is 0 Å². The number of benzene rings is 1. The summed E-state index contributed by atoms with van der Waals surface area (Å²) in [4.78, 5) is 4.29. The zero-order chi connectivity index (χ0) is 15.2. The quantitative estimate of drug-likeness (QED) is 0.886. The number of hydrogen-bond donors (Lipinski definition) is 1. The summed E-state index contributed by atoms with van der Waals surface area (Å²) in [6.07, 6.45) is 3.76. The van der Waals surface area contributed by atoms with E-state index in [0.29, 0.717) is 0 Å². The summed E-state index contributed by atoms with van der Waals surface area (Å²) >= 11 is 0. The van der Waals surface area contributed by atoms with Gasteiger partial charge in [-0.1, -0.05) is 19.1 Å². The van der Waals surface area contributed by atoms with Crippen molar-refractivity contribution in [3.05, 3.63) is 53.3 Å². The van der Waals surface area contributed by atoms with Crippen molar-refractivity contribution >= 4 is 0 Å². The number of methoxy groups -OCH3 is 2. The number of nitrogens with one attached hydrogen (secondary N) is 1. The van der Waals surface area contributed by atoms with Crippen LogP contribution >= 0.6 is 0 Å². The van der Waals surface area contributed by atoms with Crippen LogP contribution in [-0.2, 0) is 0 Å². The molecule has 2 rings (SSSR count). The normalized spacial score (nSPS) is 12.0. The fraction of sp³-hybridized carbons (Fsp3) is 0.353. The first-order valence-corrected chi connectivity index (χ1v) is 7.06. The minimum atomic E-state index is 0.0854. The van der Waals surface area contributed by atoms with Crippen molar-refractivity contribution in [2.75, 3.05) is 20.8 Å². The van der Waals surface area contributed by atoms with E-state index in [-0.39, 0.29) is 6.04 Å². The monoisotopic (exact) mass is 286 g/mol. The Morgan fingerprint density at radius 1 is 1.05 bits per heavy atom. The molecule has 0 radical (unpaired) electrons. The van der Waals surface area contributed by atoms with Crippen LogP contribution in [0.3, 0.4) is 0 Å². The Morgan fingerprint density at radius 3 is 2.43 bits per heavy atom. The second-order valence-electron chi connectivity index (χ2n) is 4.90. The molecule has 0 aliphatic carbocycles. The summed E-state index contributed by atoms with van der Waals surface area (Å²) in [5, 5.41) is 3.49. The van der Waals surface area contributed by atoms with Gasteiger partial charge in [-0.15, -0.1) is 0 Å². The van der Waals surface area contributed by atoms with Crippen LogP contribution in [0.1, 0.15) is 29.7 Å². The van der Waals surface area contributed by atoms with Gasteiger partial charge in [0, 0.05) is 12.4 Å². The first kappa shape index (κ1) is 15.3. The standard InChI is InChI=1S/C17H22N2O2/c1-5-19-17(14-8-12(2)10-18-11-14)13-6-7-15(20-3)16(9-13)21-4/h6-11,17,19H,5H2,1-4H3. The van der Waals surface area contributed by atoms with Gasteiger partial charge in [0.2, 0.25) is 0 Å². The fourth-order valence-corrected chi connectivity index (χ4v) is 2.40. The predicted molar refractivity (Wildman–Crippen MR) is 84.0 cm³/mol. The average molecular weight is 286 g/mol. The molecule has 2 aromatic rings. The van der Waals surface area contributed by atoms with Crippen LogP contribution in [0.2, 0.25) is 0 Å². The molecule has 1 heterocycles. The number of hydrogen-bond acceptors (Lipinski definition) is 4. The van der Waals surface area contributed by atoms with E-state index in [9.17, 15) is 0 Å². The lowest BCUT2D eigenvalue weighted by Crippen LogP contribution is -2.22. The van der Waals surface area contributed by atoms with Crippen molar-refractivity contribution in [2.24, 2.45) is 0 Å². The third kappa shape index (κ3) is 3.52. The van der Waals surface area contributed by atoms with Crippen LogP contribution in [0.25, 0.3) is 0 Å². The molecule has 0 fully saturated rings. The molecular weight excluding hydrogens is 264 g/mol. The number of ether oxygens (including phenoxy) is 2. The Morgan fingerprint density at radius 2 is 1.81 bits per heavy atom. The van der Waals surface area contributed by atoms with Gasteiger partial charge in [0.15, 0.2) is 11.5 Å². The molecule has 0 spiro atoms. The molecule has 1 unspecified atom stereocenters. The van der Waals surface area contributed by atoms with Crippen LogP contribution in [0.15, 0.2) is 36.7 Å². The smallest absolute Gasteiger partial charge is 0.161 e. The second-order valence-corrected chi connectivity index (χ2v) is 4.90. The number of nitrogens with zero attached hydrogens (tertiary/aromatic N) is 1. The van der Waals surface area contributed by atoms with Gasteiger partial charge in [-0.3, -0.25) is 4.98 Å². The molecule has 0 aliphatic rings. The van der Waals surface area contributed by atoms with Gasteiger partial charge in [0.1, 0.15) is 0 Å². The summed E-state index contributed by atoms with van der Waals surface area (Å²) in [6.45, 7) is 5.01. The first-order valence-electron chi connectivity index (χ1n) is 7.06. The van der Waals surface area contributed by atoms with Crippen LogP contribution < -0.4 is 14.8 Å². The fourth-order valence-electron chi connectivity index (χ4n) is 2.40. The van der Waals surface area contributed by atoms with E-state index in [1.165, 1.54) is 0 Å². The SMILES string of the molecule is CCNC(c1cncc(C)c1)c1ccc(OC)c(OC)c1. The molecule has 21 heavy (non-hydrogen) atoms. The third-order valence-electron chi connectivity index (χ3n) is 3.38. The topological polar surface area (TPSA) is 43.4 Å². The molecule has 0 bridgehead atoms. The van der Waals surface area contributed by atoms with Crippen molar-refractivity contribution in [3.63, 3.8) is 0 Å². The summed E-state index contributed by atoms with van der Waals surface area (Å²) in [5.41, 5.74) is 3.42. The number of aryl methyl sites for hydroxylation is 1. The van der Waals surface area contributed by atoms with Crippen molar-refractivity contribution in [3.8, 4) is 11.5 Å². The van der Waals surface area contributed by atoms with E-state index in [2.05, 4.69) is 29.4 Å². The summed E-state index contributed by atoms with van der Waals surface area (Å²) in [6, 6.07) is 8.23. The number of rotatable bonds is 6. The van der Waals surface area contributed by atoms with E-state index >= 15 is 0 Å². The van der Waals surface area contributed by atoms with Crippen LogP contribution in [0.5, 0.6) is 11.5 Å². The van der Waals surface area contributed by atoms with Crippen molar-refractivity contribution in [1.82, 2.24) is 10.3 Å². The van der Waals surface area contributed by atoms with E-state index in [1.807, 2.05) is 31.5 Å². The minimum absolute atomic E-state index is 0.0854. The zero-order valence-electron chi connectivity index (χ0n) is 13.0. The lowest BCUT2D eigenvalue weighted by Gasteiger charge is -2.20. The maximum atomic E-state index is 5.40. The summed E-state index contributed by atoms with van der Waals surface area (Å²) in [5.74, 6) is 1.47. The van der Waals surface area contributed by atoms with Gasteiger partial charge < -0.3 is 14.8 Å². The molecule has 112 valence electrons. The van der Waals surface area contributed by atoms with E-state index in [0.717, 1.165) is 34.7 Å². The number of aromatic nitrogens is 1. The van der Waals surface area contributed by atoms with Gasteiger partial charge >= 0.3 is 0 Å². The van der Waals surface area contributed by atoms with Crippen molar-refractivity contribution in [1.29, 1.82) is 0 Å². The van der Waals surface area contributed by atoms with Gasteiger partial charge in [0.05, 0.1) is 20.3 Å². The molecule has 0 saturated heterocycles. The van der Waals surface area contributed by atoms with Crippen LogP contribution in [0.4, 0.5) is 0 Å². The molecule has 1 aromatic carbocycles. The molecule has 0 aliphatic heterocycles. The molecule has 1 aromatic heterocycles. The molecule has 0 amide bonds. The molecule has 0 saturated carbocycles. The van der Waals surface area contributed by atoms with Gasteiger partial charge in [-0.25, -0.2) is 0 Å². The lowest BCUT2D eigenvalue weighted by atomic mass is 9.98. The first-order chi connectivity index (χ1) is 10.2. The van der Waals surface area contributed by atoms with E-state index in [1.54, 1.807) is 14.2 Å². The molecule has 1 atom stereocenters. The van der Waals surface area contributed by atoms with Crippen LogP contribution in [0, 0.1) is 6.92 Å². The largest absolute Gasteiger partial charge is 0.493 e. The van der Waals surface area contributed by atoms with Crippen molar-refractivity contribution in [2.45, 2.75) is 19.9 Å². The summed E-state index contributed by atoms with van der Waals surface area (Å²) in [7, 11) is 3.29. The van der Waals surface area contributed by atoms with Gasteiger partial charge in [-0.05, 0) is 42.3 Å². The highest BCUT2D eigenvalue weighted by Crippen LogP contribution is 2.32. The Balaban J connectivity index is 2.43. The summed E-state index contributed by atoms with van der Waals surface area (Å²) < 4.78 is 10.7.